The van der Waals surface area contributed by atoms with Crippen molar-refractivity contribution >= 4 is 29.2 Å². The highest BCUT2D eigenvalue weighted by Crippen LogP contribution is 2.09. The topological polar surface area (TPSA) is 66.4 Å². The number of fused-ring (bicyclic) bond motifs is 1. The summed E-state index contributed by atoms with van der Waals surface area (Å²) in [6.07, 6.45) is 2.64. The molecule has 2 N–H and O–H groups in total. The van der Waals surface area contributed by atoms with Gasteiger partial charge in [0.15, 0.2) is 5.43 Å². The Morgan fingerprint density at radius 2 is 1.92 bits per heavy atom. The second-order valence-corrected chi connectivity index (χ2v) is 6.12. The van der Waals surface area contributed by atoms with E-state index in [9.17, 15) is 9.59 Å². The minimum absolute atomic E-state index is 0. The number of para-hydroxylation sites is 1. The van der Waals surface area contributed by atoms with Crippen molar-refractivity contribution in [1.29, 1.82) is 0 Å². The third-order valence-corrected chi connectivity index (χ3v) is 4.38. The van der Waals surface area contributed by atoms with Gasteiger partial charge in [0.2, 0.25) is 5.91 Å². The lowest BCUT2D eigenvalue weighted by atomic mass is 10.2. The summed E-state index contributed by atoms with van der Waals surface area (Å²) >= 11 is 0. The Labute approximate surface area is 153 Å². The van der Waals surface area contributed by atoms with Crippen LogP contribution in [0.1, 0.15) is 6.42 Å². The lowest BCUT2D eigenvalue weighted by Crippen LogP contribution is -2.44. The zero-order chi connectivity index (χ0) is 16.8. The molecule has 1 aromatic carbocycles. The van der Waals surface area contributed by atoms with E-state index < -0.39 is 0 Å². The van der Waals surface area contributed by atoms with Crippen LogP contribution in [0.5, 0.6) is 0 Å². The number of nitrogens with one attached hydrogen (secondary N) is 2. The number of amides is 1. The van der Waals surface area contributed by atoms with E-state index in [2.05, 4.69) is 15.5 Å². The van der Waals surface area contributed by atoms with Crippen molar-refractivity contribution in [2.75, 3.05) is 39.3 Å². The molecule has 2 aromatic rings. The van der Waals surface area contributed by atoms with Crippen LogP contribution in [0.2, 0.25) is 0 Å². The van der Waals surface area contributed by atoms with Crippen LogP contribution in [0.15, 0.2) is 41.3 Å². The van der Waals surface area contributed by atoms with E-state index in [4.69, 9.17) is 0 Å². The SMILES string of the molecule is Cl.O=C(Cn1ccc(=O)c2ccccc21)NCCCN1CCNCC1. The predicted molar refractivity (Wildman–Crippen MR) is 102 cm³/mol. The summed E-state index contributed by atoms with van der Waals surface area (Å²) < 4.78 is 1.82. The maximum Gasteiger partial charge on any atom is 0.239 e. The Bertz CT molecular complexity index is 756. The van der Waals surface area contributed by atoms with Gasteiger partial charge in [-0.2, -0.15) is 0 Å². The van der Waals surface area contributed by atoms with Gasteiger partial charge in [-0.3, -0.25) is 9.59 Å². The van der Waals surface area contributed by atoms with Gasteiger partial charge in [-0.1, -0.05) is 12.1 Å². The fourth-order valence-electron chi connectivity index (χ4n) is 3.07. The number of piperazine rings is 1. The lowest BCUT2D eigenvalue weighted by Gasteiger charge is -2.27. The summed E-state index contributed by atoms with van der Waals surface area (Å²) in [5.41, 5.74) is 0.777. The summed E-state index contributed by atoms with van der Waals surface area (Å²) in [6.45, 7) is 6.18. The Balaban J connectivity index is 0.00000225. The molecule has 1 fully saturated rings. The van der Waals surface area contributed by atoms with E-state index >= 15 is 0 Å². The first-order valence-electron chi connectivity index (χ1n) is 8.52. The van der Waals surface area contributed by atoms with Gasteiger partial charge in [-0.15, -0.1) is 12.4 Å². The maximum absolute atomic E-state index is 12.2. The highest BCUT2D eigenvalue weighted by molar-refractivity contribution is 5.85. The smallest absolute Gasteiger partial charge is 0.239 e. The molecule has 3 rings (SSSR count). The largest absolute Gasteiger partial charge is 0.355 e. The molecule has 6 nitrogen and oxygen atoms in total. The number of nitrogens with zero attached hydrogens (tertiary/aromatic N) is 2. The zero-order valence-electron chi connectivity index (χ0n) is 14.2. The van der Waals surface area contributed by atoms with Gasteiger partial charge in [0.1, 0.15) is 6.54 Å². The van der Waals surface area contributed by atoms with Crippen LogP contribution in [-0.2, 0) is 11.3 Å². The number of aromatic nitrogens is 1. The van der Waals surface area contributed by atoms with Crippen LogP contribution in [0.4, 0.5) is 0 Å². The molecule has 136 valence electrons. The van der Waals surface area contributed by atoms with Crippen molar-refractivity contribution in [2.45, 2.75) is 13.0 Å². The number of benzene rings is 1. The molecule has 1 saturated heterocycles. The van der Waals surface area contributed by atoms with Crippen LogP contribution in [-0.4, -0.2) is 54.6 Å². The third kappa shape index (κ3) is 5.29. The molecule has 0 radical (unpaired) electrons. The Morgan fingerprint density at radius 1 is 1.16 bits per heavy atom. The van der Waals surface area contributed by atoms with Gasteiger partial charge in [0.05, 0.1) is 5.52 Å². The van der Waals surface area contributed by atoms with Crippen LogP contribution in [0.3, 0.4) is 0 Å². The molecule has 0 atom stereocenters. The fourth-order valence-corrected chi connectivity index (χ4v) is 3.07. The molecular weight excluding hydrogens is 340 g/mol. The van der Waals surface area contributed by atoms with Crippen molar-refractivity contribution in [1.82, 2.24) is 20.1 Å². The van der Waals surface area contributed by atoms with Gasteiger partial charge in [-0.25, -0.2) is 0 Å². The monoisotopic (exact) mass is 364 g/mol. The van der Waals surface area contributed by atoms with Gasteiger partial charge >= 0.3 is 0 Å². The minimum Gasteiger partial charge on any atom is -0.355 e. The van der Waals surface area contributed by atoms with Gasteiger partial charge in [0, 0.05) is 50.4 Å². The van der Waals surface area contributed by atoms with Crippen LogP contribution in [0.25, 0.3) is 10.9 Å². The normalized spacial score (nSPS) is 14.9. The zero-order valence-corrected chi connectivity index (χ0v) is 15.1. The number of carbonyl (C=O) groups is 1. The first-order valence-corrected chi connectivity index (χ1v) is 8.52. The molecule has 1 aliphatic rings. The second-order valence-electron chi connectivity index (χ2n) is 6.12. The number of hydrogen-bond acceptors (Lipinski definition) is 4. The summed E-state index contributed by atoms with van der Waals surface area (Å²) in [5, 5.41) is 6.95. The standard InChI is InChI=1S/C18H24N4O2.ClH/c23-17-6-11-22(16-5-2-1-4-15(16)17)14-18(24)20-7-3-10-21-12-8-19-9-13-21;/h1-2,4-6,11,19H,3,7-10,12-14H2,(H,20,24);1H. The first-order chi connectivity index (χ1) is 11.7. The number of pyridine rings is 1. The summed E-state index contributed by atoms with van der Waals surface area (Å²) in [7, 11) is 0. The molecule has 0 aliphatic carbocycles. The molecule has 0 saturated carbocycles. The maximum atomic E-state index is 12.2. The van der Waals surface area contributed by atoms with E-state index in [1.165, 1.54) is 6.07 Å². The van der Waals surface area contributed by atoms with Crippen LogP contribution >= 0.6 is 12.4 Å². The Hall–Kier alpha value is -1.89. The average molecular weight is 365 g/mol. The summed E-state index contributed by atoms with van der Waals surface area (Å²) in [4.78, 5) is 26.4. The number of hydrogen-bond donors (Lipinski definition) is 2. The van der Waals surface area contributed by atoms with Crippen molar-refractivity contribution < 1.29 is 4.79 Å². The van der Waals surface area contributed by atoms with Gasteiger partial charge in [0.25, 0.3) is 0 Å². The van der Waals surface area contributed by atoms with E-state index in [0.29, 0.717) is 11.9 Å². The van der Waals surface area contributed by atoms with E-state index in [-0.39, 0.29) is 30.3 Å². The Morgan fingerprint density at radius 3 is 2.72 bits per heavy atom. The molecule has 2 heterocycles. The molecule has 1 aliphatic heterocycles. The molecule has 1 amide bonds. The molecule has 1 aromatic heterocycles. The van der Waals surface area contributed by atoms with E-state index in [1.54, 1.807) is 12.3 Å². The van der Waals surface area contributed by atoms with Crippen molar-refractivity contribution in [2.24, 2.45) is 0 Å². The molecule has 0 unspecified atom stereocenters. The predicted octanol–water partition coefficient (Wildman–Crippen LogP) is 0.835. The highest BCUT2D eigenvalue weighted by Gasteiger charge is 2.09. The molecule has 0 bridgehead atoms. The van der Waals surface area contributed by atoms with Gasteiger partial charge in [-0.05, 0) is 25.1 Å². The number of rotatable bonds is 6. The van der Waals surface area contributed by atoms with Crippen LogP contribution in [0, 0.1) is 0 Å². The van der Waals surface area contributed by atoms with E-state index in [0.717, 1.165) is 44.7 Å². The highest BCUT2D eigenvalue weighted by atomic mass is 35.5. The summed E-state index contributed by atoms with van der Waals surface area (Å²) in [6, 6.07) is 8.89. The molecular formula is C18H25ClN4O2. The molecule has 25 heavy (non-hydrogen) atoms. The quantitative estimate of drug-likeness (QED) is 0.745. The summed E-state index contributed by atoms with van der Waals surface area (Å²) in [5.74, 6) is -0.0240. The van der Waals surface area contributed by atoms with E-state index in [1.807, 2.05) is 22.8 Å². The Kier molecular flexibility index (Phi) is 7.43. The average Bonchev–Trinajstić information content (AvgIpc) is 2.62. The number of carbonyl (C=O) groups excluding carboxylic acids is 1. The first kappa shape index (κ1) is 19.4. The number of halogens is 1. The third-order valence-electron chi connectivity index (χ3n) is 4.38. The van der Waals surface area contributed by atoms with Crippen molar-refractivity contribution in [3.05, 3.63) is 46.8 Å². The van der Waals surface area contributed by atoms with Crippen molar-refractivity contribution in [3.8, 4) is 0 Å². The molecule has 7 heteroatoms. The van der Waals surface area contributed by atoms with Crippen LogP contribution < -0.4 is 16.1 Å². The van der Waals surface area contributed by atoms with Crippen molar-refractivity contribution in [3.63, 3.8) is 0 Å². The second kappa shape index (κ2) is 9.56. The minimum atomic E-state index is -0.0240. The fraction of sp³-hybridized carbons (Fsp3) is 0.444. The molecule has 0 spiro atoms. The van der Waals surface area contributed by atoms with Gasteiger partial charge < -0.3 is 20.1 Å². The lowest BCUT2D eigenvalue weighted by molar-refractivity contribution is -0.121.